The third kappa shape index (κ3) is 9.96. The van der Waals surface area contributed by atoms with Gasteiger partial charge in [-0.25, -0.2) is 18.4 Å². The lowest BCUT2D eigenvalue weighted by molar-refractivity contribution is -0.134. The molecule has 0 saturated carbocycles. The first-order chi connectivity index (χ1) is 31.1. The van der Waals surface area contributed by atoms with Crippen LogP contribution in [0.25, 0.3) is 10.8 Å². The van der Waals surface area contributed by atoms with Crippen LogP contribution in [0.15, 0.2) is 58.1 Å². The van der Waals surface area contributed by atoms with Gasteiger partial charge in [-0.1, -0.05) is 6.92 Å². The molecule has 1 atom stereocenters. The van der Waals surface area contributed by atoms with Crippen LogP contribution in [0.4, 0.5) is 37.6 Å². The van der Waals surface area contributed by atoms with Crippen molar-refractivity contribution < 1.29 is 27.7 Å². The van der Waals surface area contributed by atoms with Crippen molar-refractivity contribution in [2.75, 3.05) is 81.8 Å². The number of piperazine rings is 1. The van der Waals surface area contributed by atoms with Crippen molar-refractivity contribution in [2.45, 2.75) is 57.4 Å². The number of imide groups is 1. The average molecular weight is 976 g/mol. The molecule has 0 aliphatic carbocycles. The van der Waals surface area contributed by atoms with Gasteiger partial charge in [0.25, 0.3) is 5.56 Å². The van der Waals surface area contributed by atoms with Gasteiger partial charge in [-0.15, -0.1) is 0 Å². The van der Waals surface area contributed by atoms with Crippen molar-refractivity contribution in [3.8, 4) is 5.75 Å². The molecule has 3 aliphatic heterocycles. The van der Waals surface area contributed by atoms with E-state index in [1.807, 2.05) is 0 Å². The Bertz CT molecular complexity index is 2730. The molecule has 0 bridgehead atoms. The molecule has 19 heteroatoms. The third-order valence-electron chi connectivity index (χ3n) is 12.8. The molecule has 5 aromatic rings. The number of amides is 2. The van der Waals surface area contributed by atoms with Crippen molar-refractivity contribution in [1.82, 2.24) is 34.9 Å². The molecule has 15 nitrogen and oxygen atoms in total. The van der Waals surface area contributed by atoms with Crippen LogP contribution < -0.4 is 36.5 Å². The number of aromatic nitrogens is 4. The van der Waals surface area contributed by atoms with E-state index in [1.165, 1.54) is 16.8 Å². The standard InChI is InChI=1S/C46H54BrF2N10O5P/c1-6-28-23-37(53-46-50-26-33(47)43(55-46)52-36-9-7-30-32(42(36)65(4,5)63)25-51-56(2)45(30)62)39(64-3)24-38(28)59-15-12-29(13-16-59)58-19-17-57(18-20-58)14-11-27-21-34(48)41(35(49)22-27)31-8-10-40(60)54-44(31)61/h7,9,21-26,29,31H,6,8,10-20H2,1-5H3,(H,54,60,61)(H2,50,52,53,55). The second kappa shape index (κ2) is 19.3. The Balaban J connectivity index is 0.878. The lowest BCUT2D eigenvalue weighted by Crippen LogP contribution is -2.53. The van der Waals surface area contributed by atoms with Crippen LogP contribution in [0.1, 0.15) is 55.2 Å². The van der Waals surface area contributed by atoms with E-state index in [1.54, 1.807) is 52.0 Å². The molecule has 5 heterocycles. The highest BCUT2D eigenvalue weighted by Crippen LogP contribution is 2.42. The molecular weight excluding hydrogens is 921 g/mol. The highest BCUT2D eigenvalue weighted by atomic mass is 79.9. The normalized spacial score (nSPS) is 18.0. The number of aryl methyl sites for hydroxylation is 2. The Labute approximate surface area is 384 Å². The van der Waals surface area contributed by atoms with Gasteiger partial charge in [0.1, 0.15) is 30.3 Å². The summed E-state index contributed by atoms with van der Waals surface area (Å²) in [6.07, 6.45) is 6.69. The quantitative estimate of drug-likeness (QED) is 0.0875. The zero-order valence-corrected chi connectivity index (χ0v) is 39.7. The van der Waals surface area contributed by atoms with Gasteiger partial charge in [0.15, 0.2) is 0 Å². The molecule has 3 saturated heterocycles. The molecule has 3 aliphatic rings. The number of halogens is 3. The van der Waals surface area contributed by atoms with E-state index >= 15 is 8.78 Å². The smallest absolute Gasteiger partial charge is 0.274 e. The molecule has 2 aromatic heterocycles. The summed E-state index contributed by atoms with van der Waals surface area (Å²) >= 11 is 3.57. The molecule has 8 rings (SSSR count). The Morgan fingerprint density at radius 3 is 2.31 bits per heavy atom. The largest absolute Gasteiger partial charge is 0.494 e. The molecule has 65 heavy (non-hydrogen) atoms. The SMILES string of the molecule is CCc1cc(Nc2ncc(Br)c(Nc3ccc4c(=O)n(C)ncc4c3P(C)(C)=O)n2)c(OC)cc1N1CCC(N2CCN(CCc3cc(F)c(C4CCC(=O)NC4=O)c(F)c3)CC2)CC1. The van der Waals surface area contributed by atoms with Crippen LogP contribution >= 0.6 is 23.1 Å². The monoisotopic (exact) mass is 974 g/mol. The van der Waals surface area contributed by atoms with E-state index in [0.29, 0.717) is 74.0 Å². The van der Waals surface area contributed by atoms with E-state index < -0.39 is 36.5 Å². The summed E-state index contributed by atoms with van der Waals surface area (Å²) < 4.78 is 51.6. The first-order valence-electron chi connectivity index (χ1n) is 22.0. The maximum absolute atomic E-state index is 15.1. The van der Waals surface area contributed by atoms with Crippen molar-refractivity contribution in [2.24, 2.45) is 7.05 Å². The van der Waals surface area contributed by atoms with Gasteiger partial charge >= 0.3 is 0 Å². The number of anilines is 5. The number of methoxy groups -OCH3 is 1. The van der Waals surface area contributed by atoms with Gasteiger partial charge in [0, 0.05) is 99.5 Å². The number of hydrogen-bond acceptors (Lipinski definition) is 13. The Hall–Kier alpha value is -5.29. The predicted molar refractivity (Wildman–Crippen MR) is 253 cm³/mol. The summed E-state index contributed by atoms with van der Waals surface area (Å²) in [5, 5.41) is 14.5. The number of piperidine rings is 2. The molecule has 0 spiro atoms. The number of nitrogens with one attached hydrogen (secondary N) is 3. The number of fused-ring (bicyclic) bond motifs is 1. The number of carbonyl (C=O) groups excluding carboxylic acids is 2. The highest BCUT2D eigenvalue weighted by Gasteiger charge is 2.33. The minimum atomic E-state index is -2.91. The molecular formula is C46H54BrF2N10O5P. The number of benzene rings is 3. The molecule has 0 radical (unpaired) electrons. The topological polar surface area (TPSA) is 167 Å². The summed E-state index contributed by atoms with van der Waals surface area (Å²) in [5.74, 6) is -2.15. The summed E-state index contributed by atoms with van der Waals surface area (Å²) in [4.78, 5) is 53.3. The van der Waals surface area contributed by atoms with Gasteiger partial charge in [0.2, 0.25) is 17.8 Å². The van der Waals surface area contributed by atoms with Crippen LogP contribution in [-0.4, -0.2) is 114 Å². The Kier molecular flexibility index (Phi) is 13.7. The maximum Gasteiger partial charge on any atom is 0.274 e. The third-order valence-corrected chi connectivity index (χ3v) is 15.0. The van der Waals surface area contributed by atoms with Crippen molar-refractivity contribution in [3.63, 3.8) is 0 Å². The first kappa shape index (κ1) is 46.2. The first-order valence-corrected chi connectivity index (χ1v) is 25.4. The van der Waals surface area contributed by atoms with Gasteiger partial charge in [0.05, 0.1) is 40.5 Å². The fraction of sp³-hybridized carbons (Fsp3) is 0.435. The minimum Gasteiger partial charge on any atom is -0.494 e. The van der Waals surface area contributed by atoms with E-state index in [0.717, 1.165) is 69.8 Å². The van der Waals surface area contributed by atoms with Gasteiger partial charge in [-0.2, -0.15) is 10.1 Å². The van der Waals surface area contributed by atoms with Gasteiger partial charge < -0.3 is 29.7 Å². The van der Waals surface area contributed by atoms with Crippen molar-refractivity contribution in [3.05, 3.63) is 91.9 Å². The summed E-state index contributed by atoms with van der Waals surface area (Å²) in [7, 11) is 0.320. The highest BCUT2D eigenvalue weighted by molar-refractivity contribution is 9.10. The minimum absolute atomic E-state index is 0.0591. The Morgan fingerprint density at radius 1 is 0.923 bits per heavy atom. The zero-order chi connectivity index (χ0) is 46.2. The second-order valence-electron chi connectivity index (χ2n) is 17.3. The van der Waals surface area contributed by atoms with E-state index in [-0.39, 0.29) is 24.0 Å². The summed E-state index contributed by atoms with van der Waals surface area (Å²) in [6.45, 7) is 11.5. The van der Waals surface area contributed by atoms with E-state index in [4.69, 9.17) is 9.72 Å². The average Bonchev–Trinajstić information content (AvgIpc) is 3.28. The molecule has 344 valence electrons. The van der Waals surface area contributed by atoms with Gasteiger partial charge in [-0.3, -0.25) is 24.6 Å². The predicted octanol–water partition coefficient (Wildman–Crippen LogP) is 6.42. The summed E-state index contributed by atoms with van der Waals surface area (Å²) in [5.41, 5.74) is 3.57. The van der Waals surface area contributed by atoms with Crippen molar-refractivity contribution in [1.29, 1.82) is 0 Å². The van der Waals surface area contributed by atoms with Crippen LogP contribution in [0.3, 0.4) is 0 Å². The summed E-state index contributed by atoms with van der Waals surface area (Å²) in [6, 6.07) is 10.7. The molecule has 3 fully saturated rings. The Morgan fingerprint density at radius 2 is 1.65 bits per heavy atom. The number of ether oxygens (including phenoxy) is 1. The molecule has 2 amide bonds. The fourth-order valence-corrected chi connectivity index (χ4v) is 11.2. The van der Waals surface area contributed by atoms with Crippen LogP contribution in [0.2, 0.25) is 0 Å². The van der Waals surface area contributed by atoms with Crippen LogP contribution in [0, 0.1) is 11.6 Å². The van der Waals surface area contributed by atoms with E-state index in [9.17, 15) is 18.9 Å². The molecule has 1 unspecified atom stereocenters. The van der Waals surface area contributed by atoms with Crippen LogP contribution in [-0.2, 0) is 34.0 Å². The number of rotatable bonds is 13. The van der Waals surface area contributed by atoms with Crippen LogP contribution in [0.5, 0.6) is 5.75 Å². The lowest BCUT2D eigenvalue weighted by Gasteiger charge is -2.43. The molecule has 3 aromatic carbocycles. The number of hydrogen-bond donors (Lipinski definition) is 3. The number of carbonyl (C=O) groups is 2. The second-order valence-corrected chi connectivity index (χ2v) is 21.3. The lowest BCUT2D eigenvalue weighted by atomic mass is 9.89. The van der Waals surface area contributed by atoms with Gasteiger partial charge in [-0.05, 0) is 103 Å². The zero-order valence-electron chi connectivity index (χ0n) is 37.2. The van der Waals surface area contributed by atoms with Crippen molar-refractivity contribution >= 4 is 79.8 Å². The van der Waals surface area contributed by atoms with E-state index in [2.05, 4.69) is 75.7 Å². The fourth-order valence-electron chi connectivity index (χ4n) is 9.39. The number of nitrogens with zero attached hydrogens (tertiary/aromatic N) is 7. The molecule has 3 N–H and O–H groups in total. The maximum atomic E-state index is 15.1.